The van der Waals surface area contributed by atoms with Crippen LogP contribution in [0.15, 0.2) is 18.2 Å². The molecule has 1 saturated carbocycles. The monoisotopic (exact) mass is 303 g/mol. The molecule has 3 atom stereocenters. The maximum atomic E-state index is 12.9. The van der Waals surface area contributed by atoms with Crippen LogP contribution in [0.3, 0.4) is 0 Å². The van der Waals surface area contributed by atoms with Crippen molar-refractivity contribution >= 4 is 0 Å². The Kier molecular flexibility index (Phi) is 4.09. The molecule has 0 aromatic heterocycles. The lowest BCUT2D eigenvalue weighted by atomic mass is 9.50. The van der Waals surface area contributed by atoms with Crippen LogP contribution in [0.25, 0.3) is 0 Å². The van der Waals surface area contributed by atoms with Gasteiger partial charge in [-0.2, -0.15) is 5.54 Å². The first-order valence-electron chi connectivity index (χ1n) is 8.87. The summed E-state index contributed by atoms with van der Waals surface area (Å²) in [6, 6.07) is 7.13. The minimum Gasteiger partial charge on any atom is -0.159 e. The van der Waals surface area contributed by atoms with Gasteiger partial charge >= 0.3 is 0 Å². The van der Waals surface area contributed by atoms with E-state index in [1.165, 1.54) is 30.4 Å². The third-order valence-corrected chi connectivity index (χ3v) is 6.64. The summed E-state index contributed by atoms with van der Waals surface area (Å²) in [5.41, 5.74) is 6.80. The number of fused-ring (bicyclic) bond motifs is 3. The van der Waals surface area contributed by atoms with Gasteiger partial charge in [0.25, 0.3) is 0 Å². The third-order valence-electron chi connectivity index (χ3n) is 6.64. The Bertz CT molecular complexity index is 549. The van der Waals surface area contributed by atoms with Gasteiger partial charge in [-0.1, -0.05) is 52.3 Å². The van der Waals surface area contributed by atoms with Crippen LogP contribution in [0.1, 0.15) is 76.0 Å². The van der Waals surface area contributed by atoms with Crippen LogP contribution in [0.2, 0.25) is 0 Å². The molecule has 1 aromatic rings. The first-order valence-corrected chi connectivity index (χ1v) is 8.87. The van der Waals surface area contributed by atoms with Gasteiger partial charge in [0.05, 0.1) is 0 Å². The van der Waals surface area contributed by atoms with Crippen molar-refractivity contribution in [2.45, 2.75) is 71.1 Å². The lowest BCUT2D eigenvalue weighted by molar-refractivity contribution is 0.0138. The van der Waals surface area contributed by atoms with Crippen LogP contribution in [0.4, 0.5) is 4.48 Å². The van der Waals surface area contributed by atoms with Crippen molar-refractivity contribution in [1.82, 2.24) is 5.54 Å². The summed E-state index contributed by atoms with van der Waals surface area (Å²) in [7, 11) is 0. The second kappa shape index (κ2) is 5.63. The lowest BCUT2D eigenvalue weighted by Crippen LogP contribution is -2.51. The van der Waals surface area contributed by atoms with E-state index < -0.39 is 0 Å². The number of hydrogen-bond acceptors (Lipinski definition) is 1. The highest BCUT2D eigenvalue weighted by atomic mass is 19.2. The summed E-state index contributed by atoms with van der Waals surface area (Å²) >= 11 is 0. The van der Waals surface area contributed by atoms with Crippen molar-refractivity contribution < 1.29 is 4.48 Å². The average Bonchev–Trinajstić information content (AvgIpc) is 2.46. The molecule has 1 N–H and O–H groups in total. The highest BCUT2D eigenvalue weighted by Crippen LogP contribution is 2.57. The first kappa shape index (κ1) is 16.0. The number of halogens is 1. The van der Waals surface area contributed by atoms with Crippen LogP contribution in [-0.4, -0.2) is 6.54 Å². The van der Waals surface area contributed by atoms with Crippen LogP contribution in [-0.2, 0) is 11.8 Å². The van der Waals surface area contributed by atoms with Gasteiger partial charge in [0, 0.05) is 6.54 Å². The quantitative estimate of drug-likeness (QED) is 0.748. The van der Waals surface area contributed by atoms with Crippen LogP contribution < -0.4 is 5.54 Å². The highest BCUT2D eigenvalue weighted by molar-refractivity contribution is 5.42. The van der Waals surface area contributed by atoms with Gasteiger partial charge in [-0.3, -0.25) is 0 Å². The second-order valence-corrected chi connectivity index (χ2v) is 8.40. The number of aryl methyl sites for hydroxylation is 1. The molecular weight excluding hydrogens is 273 g/mol. The van der Waals surface area contributed by atoms with Gasteiger partial charge in [0.1, 0.15) is 0 Å². The Morgan fingerprint density at radius 1 is 1.27 bits per heavy atom. The molecular formula is C20H30FN. The van der Waals surface area contributed by atoms with E-state index in [0.717, 1.165) is 12.8 Å². The molecule has 0 saturated heterocycles. The topological polar surface area (TPSA) is 12.0 Å². The largest absolute Gasteiger partial charge is 0.159 e. The van der Waals surface area contributed by atoms with E-state index in [4.69, 9.17) is 0 Å². The second-order valence-electron chi connectivity index (χ2n) is 8.40. The molecule has 2 heteroatoms. The molecule has 22 heavy (non-hydrogen) atoms. The van der Waals surface area contributed by atoms with E-state index in [1.54, 1.807) is 5.56 Å². The van der Waals surface area contributed by atoms with Crippen molar-refractivity contribution in [1.29, 1.82) is 0 Å². The molecule has 0 amide bonds. The van der Waals surface area contributed by atoms with E-state index in [-0.39, 0.29) is 10.8 Å². The fourth-order valence-corrected chi connectivity index (χ4v) is 5.37. The molecule has 0 spiro atoms. The number of benzene rings is 1. The molecule has 1 aromatic carbocycles. The number of nitrogens with one attached hydrogen (secondary N) is 1. The van der Waals surface area contributed by atoms with Gasteiger partial charge in [-0.05, 0) is 65.0 Å². The summed E-state index contributed by atoms with van der Waals surface area (Å²) in [6.45, 7) is 9.74. The summed E-state index contributed by atoms with van der Waals surface area (Å²) < 4.78 is 12.9. The average molecular weight is 303 g/mol. The molecule has 2 unspecified atom stereocenters. The van der Waals surface area contributed by atoms with E-state index in [9.17, 15) is 4.48 Å². The fraction of sp³-hybridized carbons (Fsp3) is 0.700. The Hall–Kier alpha value is -0.890. The molecule has 3 rings (SSSR count). The third kappa shape index (κ3) is 2.40. The van der Waals surface area contributed by atoms with Gasteiger partial charge in [0.15, 0.2) is 0 Å². The minimum absolute atomic E-state index is 0.0795. The van der Waals surface area contributed by atoms with Crippen LogP contribution in [0.5, 0.6) is 0 Å². The minimum atomic E-state index is 0.0795. The summed E-state index contributed by atoms with van der Waals surface area (Å²) in [6.07, 6.45) is 5.94. The van der Waals surface area contributed by atoms with E-state index in [1.807, 2.05) is 5.54 Å². The molecule has 0 radical (unpaired) electrons. The smallest absolute Gasteiger partial charge is 0.0316 e. The SMILES string of the molecule is CC(C)c1ccc2c(c1)CCC1C2(C)CCC[C@@]1(C)CNF. The number of hydrogen-bond donors (Lipinski definition) is 1. The van der Waals surface area contributed by atoms with E-state index >= 15 is 0 Å². The van der Waals surface area contributed by atoms with Gasteiger partial charge in [-0.25, -0.2) is 0 Å². The molecule has 2 aliphatic rings. The number of rotatable bonds is 3. The zero-order valence-corrected chi connectivity index (χ0v) is 14.5. The summed E-state index contributed by atoms with van der Waals surface area (Å²) in [4.78, 5) is 0. The predicted molar refractivity (Wildman–Crippen MR) is 90.8 cm³/mol. The van der Waals surface area contributed by atoms with Crippen molar-refractivity contribution in [2.75, 3.05) is 6.54 Å². The zero-order chi connectivity index (χ0) is 16.0. The maximum absolute atomic E-state index is 12.9. The molecule has 0 bridgehead atoms. The maximum Gasteiger partial charge on any atom is 0.0316 e. The van der Waals surface area contributed by atoms with Crippen LogP contribution >= 0.6 is 0 Å². The normalized spacial score (nSPS) is 34.4. The molecule has 1 nitrogen and oxygen atoms in total. The van der Waals surface area contributed by atoms with Gasteiger partial charge in [-0.15, -0.1) is 4.48 Å². The molecule has 1 fully saturated rings. The molecule has 0 aliphatic heterocycles. The Balaban J connectivity index is 2.02. The van der Waals surface area contributed by atoms with E-state index in [2.05, 4.69) is 45.9 Å². The zero-order valence-electron chi connectivity index (χ0n) is 14.5. The standard InChI is InChI=1S/C20H30FN/c1-14(2)15-6-8-17-16(12-15)7-9-18-19(3,13-22-21)10-5-11-20(17,18)4/h6,8,12,14,18,22H,5,7,9-11,13H2,1-4H3/t18?,19-,20?/m0/s1. The molecule has 0 heterocycles. The van der Waals surface area contributed by atoms with Crippen LogP contribution in [0, 0.1) is 11.3 Å². The van der Waals surface area contributed by atoms with Crippen molar-refractivity contribution in [2.24, 2.45) is 11.3 Å². The van der Waals surface area contributed by atoms with Crippen molar-refractivity contribution in [3.63, 3.8) is 0 Å². The Morgan fingerprint density at radius 2 is 2.05 bits per heavy atom. The van der Waals surface area contributed by atoms with E-state index in [0.29, 0.717) is 18.4 Å². The highest BCUT2D eigenvalue weighted by Gasteiger charge is 2.51. The Morgan fingerprint density at radius 3 is 2.73 bits per heavy atom. The molecule has 2 aliphatic carbocycles. The van der Waals surface area contributed by atoms with Gasteiger partial charge in [0.2, 0.25) is 0 Å². The summed E-state index contributed by atoms with van der Waals surface area (Å²) in [5, 5.41) is 0. The van der Waals surface area contributed by atoms with Gasteiger partial charge < -0.3 is 0 Å². The summed E-state index contributed by atoms with van der Waals surface area (Å²) in [5.74, 6) is 1.16. The van der Waals surface area contributed by atoms with Crippen molar-refractivity contribution in [3.05, 3.63) is 34.9 Å². The lowest BCUT2D eigenvalue weighted by Gasteiger charge is -2.55. The molecule has 122 valence electrons. The predicted octanol–water partition coefficient (Wildman–Crippen LogP) is 5.29. The first-order chi connectivity index (χ1) is 10.4. The fourth-order valence-electron chi connectivity index (χ4n) is 5.37. The van der Waals surface area contributed by atoms with Crippen molar-refractivity contribution in [3.8, 4) is 0 Å². The Labute approximate surface area is 134 Å².